The molecule has 3 rings (SSSR count). The third-order valence-corrected chi connectivity index (χ3v) is 4.97. The summed E-state index contributed by atoms with van der Waals surface area (Å²) in [5.41, 5.74) is 1.13. The van der Waals surface area contributed by atoms with Crippen molar-refractivity contribution in [1.29, 1.82) is 0 Å². The van der Waals surface area contributed by atoms with E-state index in [0.717, 1.165) is 23.8 Å². The fourth-order valence-corrected chi connectivity index (χ4v) is 3.69. The number of nitrogens with one attached hydrogen (secondary N) is 2. The van der Waals surface area contributed by atoms with Crippen molar-refractivity contribution in [1.82, 2.24) is 25.2 Å². The maximum atomic E-state index is 4.38. The predicted octanol–water partition coefficient (Wildman–Crippen LogP) is 2.93. The van der Waals surface area contributed by atoms with Crippen LogP contribution in [0.1, 0.15) is 22.2 Å². The summed E-state index contributed by atoms with van der Waals surface area (Å²) in [5, 5.41) is 6.82. The van der Waals surface area contributed by atoms with Gasteiger partial charge in [-0.05, 0) is 43.7 Å². The van der Waals surface area contributed by atoms with E-state index in [4.69, 9.17) is 0 Å². The molecule has 0 bridgehead atoms. The van der Waals surface area contributed by atoms with Crippen molar-refractivity contribution in [2.45, 2.75) is 32.9 Å². The SMILES string of the molecule is CN=C(NCc1ccnc(-n2ccnc2)c1)NC(C)Cc1ccc(C)s1. The van der Waals surface area contributed by atoms with Gasteiger partial charge in [0.05, 0.1) is 0 Å². The van der Waals surface area contributed by atoms with E-state index in [-0.39, 0.29) is 0 Å². The maximum Gasteiger partial charge on any atom is 0.191 e. The number of hydrogen-bond donors (Lipinski definition) is 2. The van der Waals surface area contributed by atoms with Crippen LogP contribution in [0, 0.1) is 6.92 Å². The zero-order valence-electron chi connectivity index (χ0n) is 15.3. The van der Waals surface area contributed by atoms with Crippen molar-refractivity contribution < 1.29 is 0 Å². The number of rotatable bonds is 6. The first-order valence-electron chi connectivity index (χ1n) is 8.60. The van der Waals surface area contributed by atoms with Gasteiger partial charge in [0, 0.05) is 54.4 Å². The zero-order valence-corrected chi connectivity index (χ0v) is 16.1. The second-order valence-electron chi connectivity index (χ2n) is 6.18. The molecule has 3 heterocycles. The van der Waals surface area contributed by atoms with E-state index in [9.17, 15) is 0 Å². The Morgan fingerprint density at radius 3 is 2.88 bits per heavy atom. The number of hydrogen-bond acceptors (Lipinski definition) is 4. The highest BCUT2D eigenvalue weighted by molar-refractivity contribution is 7.11. The van der Waals surface area contributed by atoms with E-state index in [1.807, 2.05) is 40.4 Å². The minimum absolute atomic E-state index is 0.304. The van der Waals surface area contributed by atoms with Crippen LogP contribution in [0.3, 0.4) is 0 Å². The Bertz CT molecular complexity index is 853. The van der Waals surface area contributed by atoms with Crippen LogP contribution in [0.5, 0.6) is 0 Å². The molecule has 136 valence electrons. The molecule has 0 aromatic carbocycles. The van der Waals surface area contributed by atoms with Gasteiger partial charge in [-0.3, -0.25) is 9.56 Å². The van der Waals surface area contributed by atoms with Gasteiger partial charge in [0.15, 0.2) is 5.96 Å². The molecule has 26 heavy (non-hydrogen) atoms. The molecular weight excluding hydrogens is 344 g/mol. The Balaban J connectivity index is 1.55. The average molecular weight is 369 g/mol. The smallest absolute Gasteiger partial charge is 0.191 e. The zero-order chi connectivity index (χ0) is 18.4. The molecule has 6 nitrogen and oxygen atoms in total. The Hall–Kier alpha value is -2.67. The number of pyridine rings is 1. The van der Waals surface area contributed by atoms with Crippen LogP contribution in [0.15, 0.2) is 54.2 Å². The molecule has 0 aliphatic heterocycles. The highest BCUT2D eigenvalue weighted by Gasteiger charge is 2.08. The van der Waals surface area contributed by atoms with Crippen molar-refractivity contribution in [3.05, 3.63) is 64.5 Å². The molecular formula is C19H24N6S. The molecule has 0 amide bonds. The van der Waals surface area contributed by atoms with Crippen LogP contribution in [0.25, 0.3) is 5.82 Å². The summed E-state index contributed by atoms with van der Waals surface area (Å²) in [7, 11) is 1.79. The first-order valence-corrected chi connectivity index (χ1v) is 9.41. The lowest BCUT2D eigenvalue weighted by atomic mass is 10.2. The topological polar surface area (TPSA) is 67.1 Å². The van der Waals surface area contributed by atoms with Gasteiger partial charge in [0.1, 0.15) is 12.1 Å². The Labute approximate surface area is 158 Å². The molecule has 0 aliphatic rings. The lowest BCUT2D eigenvalue weighted by Crippen LogP contribution is -2.42. The molecule has 2 N–H and O–H groups in total. The lowest BCUT2D eigenvalue weighted by Gasteiger charge is -2.17. The van der Waals surface area contributed by atoms with Crippen LogP contribution < -0.4 is 10.6 Å². The van der Waals surface area contributed by atoms with E-state index in [1.54, 1.807) is 19.6 Å². The highest BCUT2D eigenvalue weighted by Crippen LogP contribution is 2.16. The number of aromatic nitrogens is 3. The van der Waals surface area contributed by atoms with Crippen LogP contribution in [0.4, 0.5) is 0 Å². The Morgan fingerprint density at radius 2 is 2.19 bits per heavy atom. The number of imidazole rings is 1. The van der Waals surface area contributed by atoms with E-state index >= 15 is 0 Å². The lowest BCUT2D eigenvalue weighted by molar-refractivity contribution is 0.645. The van der Waals surface area contributed by atoms with Gasteiger partial charge in [0.2, 0.25) is 0 Å². The van der Waals surface area contributed by atoms with E-state index in [2.05, 4.69) is 51.6 Å². The molecule has 1 atom stereocenters. The van der Waals surface area contributed by atoms with Crippen molar-refractivity contribution in [2.24, 2.45) is 4.99 Å². The summed E-state index contributed by atoms with van der Waals surface area (Å²) in [6.07, 6.45) is 8.17. The molecule has 0 radical (unpaired) electrons. The van der Waals surface area contributed by atoms with E-state index < -0.39 is 0 Å². The number of thiophene rings is 1. The summed E-state index contributed by atoms with van der Waals surface area (Å²) in [6.45, 7) is 4.99. The molecule has 3 aromatic heterocycles. The fraction of sp³-hybridized carbons (Fsp3) is 0.316. The Kier molecular flexibility index (Phi) is 6.01. The molecule has 7 heteroatoms. The van der Waals surface area contributed by atoms with Crippen LogP contribution in [-0.2, 0) is 13.0 Å². The minimum atomic E-state index is 0.304. The van der Waals surface area contributed by atoms with Gasteiger partial charge in [-0.25, -0.2) is 9.97 Å². The summed E-state index contributed by atoms with van der Waals surface area (Å²) in [6, 6.07) is 8.71. The molecule has 0 saturated carbocycles. The van der Waals surface area contributed by atoms with Crippen LogP contribution >= 0.6 is 11.3 Å². The summed E-state index contributed by atoms with van der Waals surface area (Å²) in [5.74, 6) is 1.65. The van der Waals surface area contributed by atoms with Gasteiger partial charge in [-0.15, -0.1) is 11.3 Å². The van der Waals surface area contributed by atoms with Gasteiger partial charge in [-0.1, -0.05) is 0 Å². The van der Waals surface area contributed by atoms with Crippen LogP contribution in [-0.4, -0.2) is 33.6 Å². The quantitative estimate of drug-likeness (QED) is 0.519. The van der Waals surface area contributed by atoms with E-state index in [1.165, 1.54) is 9.75 Å². The van der Waals surface area contributed by atoms with Gasteiger partial charge in [-0.2, -0.15) is 0 Å². The van der Waals surface area contributed by atoms with Crippen molar-refractivity contribution in [2.75, 3.05) is 7.05 Å². The monoisotopic (exact) mass is 368 g/mol. The fourth-order valence-electron chi connectivity index (χ4n) is 2.67. The van der Waals surface area contributed by atoms with Crippen molar-refractivity contribution in [3.8, 4) is 5.82 Å². The molecule has 0 aliphatic carbocycles. The van der Waals surface area contributed by atoms with Gasteiger partial charge in [0.25, 0.3) is 0 Å². The molecule has 0 spiro atoms. The maximum absolute atomic E-state index is 4.38. The predicted molar refractivity (Wildman–Crippen MR) is 107 cm³/mol. The number of guanidine groups is 1. The third-order valence-electron chi connectivity index (χ3n) is 3.95. The van der Waals surface area contributed by atoms with Crippen molar-refractivity contribution in [3.63, 3.8) is 0 Å². The summed E-state index contributed by atoms with van der Waals surface area (Å²) >= 11 is 1.85. The molecule has 1 unspecified atom stereocenters. The van der Waals surface area contributed by atoms with Crippen molar-refractivity contribution >= 4 is 17.3 Å². The first-order chi connectivity index (χ1) is 12.6. The minimum Gasteiger partial charge on any atom is -0.354 e. The van der Waals surface area contributed by atoms with Gasteiger partial charge < -0.3 is 10.6 Å². The van der Waals surface area contributed by atoms with Crippen LogP contribution in [0.2, 0.25) is 0 Å². The molecule has 0 saturated heterocycles. The number of aliphatic imine (C=N–C) groups is 1. The second-order valence-corrected chi connectivity index (χ2v) is 7.55. The largest absolute Gasteiger partial charge is 0.354 e. The number of aryl methyl sites for hydroxylation is 1. The van der Waals surface area contributed by atoms with E-state index in [0.29, 0.717) is 12.6 Å². The highest BCUT2D eigenvalue weighted by atomic mass is 32.1. The van der Waals surface area contributed by atoms with Gasteiger partial charge >= 0.3 is 0 Å². The molecule has 0 fully saturated rings. The molecule has 3 aromatic rings. The third kappa shape index (κ3) is 4.92. The number of nitrogens with zero attached hydrogens (tertiary/aromatic N) is 4. The first kappa shape index (κ1) is 18.1. The Morgan fingerprint density at radius 1 is 1.31 bits per heavy atom. The standard InChI is InChI=1S/C19H24N6S/c1-14(10-17-5-4-15(2)26-17)24-19(20-3)23-12-16-6-7-22-18(11-16)25-9-8-21-13-25/h4-9,11,13-14H,10,12H2,1-3H3,(H2,20,23,24). The normalized spacial score (nSPS) is 12.8. The second kappa shape index (κ2) is 8.62. The summed E-state index contributed by atoms with van der Waals surface area (Å²) < 4.78 is 1.89. The average Bonchev–Trinajstić information content (AvgIpc) is 3.31. The summed E-state index contributed by atoms with van der Waals surface area (Å²) in [4.78, 5) is 15.5.